The molecule has 0 radical (unpaired) electrons. The van der Waals surface area contributed by atoms with E-state index in [1.165, 1.54) is 12.8 Å². The van der Waals surface area contributed by atoms with Crippen molar-refractivity contribution in [3.8, 4) is 11.5 Å². The van der Waals surface area contributed by atoms with Gasteiger partial charge in [-0.2, -0.15) is 0 Å². The lowest BCUT2D eigenvalue weighted by Crippen LogP contribution is -2.43. The lowest BCUT2D eigenvalue weighted by atomic mass is 9.84. The second kappa shape index (κ2) is 5.26. The Morgan fingerprint density at radius 2 is 2.10 bits per heavy atom. The summed E-state index contributed by atoms with van der Waals surface area (Å²) < 4.78 is 10.8. The summed E-state index contributed by atoms with van der Waals surface area (Å²) in [4.78, 5) is 2.48. The standard InChI is InChI=1S/C16H24N2O2/c1-16(2)6-3-7-18(10-16)9-13(17)12-4-5-14-15(8-12)20-11-19-14/h4-5,8,13H,3,6-7,9-11,17H2,1-2H3. The highest BCUT2D eigenvalue weighted by atomic mass is 16.7. The maximum atomic E-state index is 6.37. The van der Waals surface area contributed by atoms with Crippen LogP contribution in [0.15, 0.2) is 18.2 Å². The lowest BCUT2D eigenvalue weighted by Gasteiger charge is -2.39. The van der Waals surface area contributed by atoms with Gasteiger partial charge in [-0.05, 0) is 42.5 Å². The topological polar surface area (TPSA) is 47.7 Å². The molecule has 110 valence electrons. The van der Waals surface area contributed by atoms with Gasteiger partial charge in [-0.1, -0.05) is 19.9 Å². The monoisotopic (exact) mass is 276 g/mol. The van der Waals surface area contributed by atoms with E-state index in [0.717, 1.165) is 36.7 Å². The molecule has 0 aliphatic carbocycles. The molecule has 1 atom stereocenters. The average molecular weight is 276 g/mol. The molecular weight excluding hydrogens is 252 g/mol. The van der Waals surface area contributed by atoms with Crippen molar-refractivity contribution in [1.82, 2.24) is 4.90 Å². The van der Waals surface area contributed by atoms with Crippen LogP contribution in [0.4, 0.5) is 0 Å². The van der Waals surface area contributed by atoms with Gasteiger partial charge in [-0.15, -0.1) is 0 Å². The van der Waals surface area contributed by atoms with E-state index in [9.17, 15) is 0 Å². The molecule has 1 aromatic rings. The lowest BCUT2D eigenvalue weighted by molar-refractivity contribution is 0.112. The summed E-state index contributed by atoms with van der Waals surface area (Å²) in [5.74, 6) is 1.64. The first-order chi connectivity index (χ1) is 9.53. The van der Waals surface area contributed by atoms with Gasteiger partial charge in [0.15, 0.2) is 11.5 Å². The van der Waals surface area contributed by atoms with Crippen molar-refractivity contribution in [2.75, 3.05) is 26.4 Å². The third-order valence-electron chi connectivity index (χ3n) is 4.26. The van der Waals surface area contributed by atoms with Gasteiger partial charge >= 0.3 is 0 Å². The minimum absolute atomic E-state index is 0.0263. The number of hydrogen-bond acceptors (Lipinski definition) is 4. The fraction of sp³-hybridized carbons (Fsp3) is 0.625. The molecule has 2 aliphatic rings. The number of ether oxygens (including phenoxy) is 2. The summed E-state index contributed by atoms with van der Waals surface area (Å²) in [6.45, 7) is 8.18. The summed E-state index contributed by atoms with van der Waals surface area (Å²) in [7, 11) is 0. The summed E-state index contributed by atoms with van der Waals surface area (Å²) in [6, 6.07) is 6.05. The van der Waals surface area contributed by atoms with Crippen LogP contribution < -0.4 is 15.2 Å². The van der Waals surface area contributed by atoms with Gasteiger partial charge in [-0.25, -0.2) is 0 Å². The van der Waals surface area contributed by atoms with E-state index in [-0.39, 0.29) is 6.04 Å². The second-order valence-corrected chi connectivity index (χ2v) is 6.72. The van der Waals surface area contributed by atoms with E-state index in [2.05, 4.69) is 18.7 Å². The Morgan fingerprint density at radius 3 is 2.90 bits per heavy atom. The van der Waals surface area contributed by atoms with Crippen molar-refractivity contribution >= 4 is 0 Å². The maximum Gasteiger partial charge on any atom is 0.231 e. The zero-order valence-electron chi connectivity index (χ0n) is 12.4. The third-order valence-corrected chi connectivity index (χ3v) is 4.26. The van der Waals surface area contributed by atoms with Crippen LogP contribution in [0.3, 0.4) is 0 Å². The van der Waals surface area contributed by atoms with E-state index in [0.29, 0.717) is 12.2 Å². The van der Waals surface area contributed by atoms with Crippen molar-refractivity contribution in [1.29, 1.82) is 0 Å². The summed E-state index contributed by atoms with van der Waals surface area (Å²) in [5.41, 5.74) is 7.90. The number of fused-ring (bicyclic) bond motifs is 1. The number of nitrogens with two attached hydrogens (primary N) is 1. The van der Waals surface area contributed by atoms with Gasteiger partial charge in [0.2, 0.25) is 6.79 Å². The van der Waals surface area contributed by atoms with E-state index in [4.69, 9.17) is 15.2 Å². The molecule has 1 aromatic carbocycles. The van der Waals surface area contributed by atoms with Gasteiger partial charge in [0.1, 0.15) is 0 Å². The van der Waals surface area contributed by atoms with Gasteiger partial charge in [-0.3, -0.25) is 0 Å². The average Bonchev–Trinajstić information content (AvgIpc) is 2.84. The van der Waals surface area contributed by atoms with Gasteiger partial charge in [0, 0.05) is 19.1 Å². The molecule has 0 amide bonds. The Hall–Kier alpha value is -1.26. The Bertz CT molecular complexity index is 487. The molecule has 2 aliphatic heterocycles. The number of rotatable bonds is 3. The number of likely N-dealkylation sites (tertiary alicyclic amines) is 1. The first-order valence-corrected chi connectivity index (χ1v) is 7.41. The fourth-order valence-corrected chi connectivity index (χ4v) is 3.23. The van der Waals surface area contributed by atoms with Crippen LogP contribution in [0.2, 0.25) is 0 Å². The number of nitrogens with zero attached hydrogens (tertiary/aromatic N) is 1. The van der Waals surface area contributed by atoms with Crippen LogP contribution in [0.25, 0.3) is 0 Å². The van der Waals surface area contributed by atoms with Crippen LogP contribution >= 0.6 is 0 Å². The normalized spacial score (nSPS) is 22.8. The highest BCUT2D eigenvalue weighted by Crippen LogP contribution is 2.34. The molecule has 4 heteroatoms. The van der Waals surface area contributed by atoms with Gasteiger partial charge in [0.25, 0.3) is 0 Å². The molecule has 2 N–H and O–H groups in total. The smallest absolute Gasteiger partial charge is 0.231 e. The fourth-order valence-electron chi connectivity index (χ4n) is 3.23. The summed E-state index contributed by atoms with van der Waals surface area (Å²) in [6.07, 6.45) is 2.57. The zero-order chi connectivity index (χ0) is 14.2. The SMILES string of the molecule is CC1(C)CCCN(CC(N)c2ccc3c(c2)OCO3)C1. The summed E-state index contributed by atoms with van der Waals surface area (Å²) in [5, 5.41) is 0. The second-order valence-electron chi connectivity index (χ2n) is 6.72. The number of piperidine rings is 1. The summed E-state index contributed by atoms with van der Waals surface area (Å²) >= 11 is 0. The van der Waals surface area contributed by atoms with Crippen molar-refractivity contribution in [2.45, 2.75) is 32.7 Å². The molecule has 0 aromatic heterocycles. The molecule has 3 rings (SSSR count). The van der Waals surface area contributed by atoms with Crippen molar-refractivity contribution in [3.05, 3.63) is 23.8 Å². The molecule has 1 fully saturated rings. The highest BCUT2D eigenvalue weighted by Gasteiger charge is 2.27. The van der Waals surface area contributed by atoms with Crippen LogP contribution in [0.1, 0.15) is 38.3 Å². The highest BCUT2D eigenvalue weighted by molar-refractivity contribution is 5.45. The predicted octanol–water partition coefficient (Wildman–Crippen LogP) is 2.54. The third kappa shape index (κ3) is 2.91. The largest absolute Gasteiger partial charge is 0.454 e. The van der Waals surface area contributed by atoms with E-state index in [1.54, 1.807) is 0 Å². The van der Waals surface area contributed by atoms with E-state index < -0.39 is 0 Å². The van der Waals surface area contributed by atoms with Crippen molar-refractivity contribution in [3.63, 3.8) is 0 Å². The minimum atomic E-state index is 0.0263. The molecule has 0 spiro atoms. The minimum Gasteiger partial charge on any atom is -0.454 e. The zero-order valence-corrected chi connectivity index (χ0v) is 12.4. The van der Waals surface area contributed by atoms with Gasteiger partial charge < -0.3 is 20.1 Å². The number of hydrogen-bond donors (Lipinski definition) is 1. The molecule has 0 saturated carbocycles. The van der Waals surface area contributed by atoms with Crippen LogP contribution in [-0.2, 0) is 0 Å². The van der Waals surface area contributed by atoms with E-state index in [1.807, 2.05) is 18.2 Å². The first-order valence-electron chi connectivity index (χ1n) is 7.41. The van der Waals surface area contributed by atoms with E-state index >= 15 is 0 Å². The van der Waals surface area contributed by atoms with Crippen LogP contribution in [-0.4, -0.2) is 31.3 Å². The molecule has 0 bridgehead atoms. The molecule has 20 heavy (non-hydrogen) atoms. The quantitative estimate of drug-likeness (QED) is 0.921. The Kier molecular flexibility index (Phi) is 3.61. The number of benzene rings is 1. The van der Waals surface area contributed by atoms with Crippen LogP contribution in [0.5, 0.6) is 11.5 Å². The predicted molar refractivity (Wildman–Crippen MR) is 78.9 cm³/mol. The Balaban J connectivity index is 1.65. The van der Waals surface area contributed by atoms with Crippen molar-refractivity contribution < 1.29 is 9.47 Å². The first kappa shape index (κ1) is 13.7. The maximum absolute atomic E-state index is 6.37. The van der Waals surface area contributed by atoms with Gasteiger partial charge in [0.05, 0.1) is 0 Å². The van der Waals surface area contributed by atoms with Crippen LogP contribution in [0, 0.1) is 5.41 Å². The molecular formula is C16H24N2O2. The molecule has 1 unspecified atom stereocenters. The molecule has 1 saturated heterocycles. The molecule has 2 heterocycles. The molecule has 4 nitrogen and oxygen atoms in total. The Morgan fingerprint density at radius 1 is 1.30 bits per heavy atom. The van der Waals surface area contributed by atoms with Crippen molar-refractivity contribution in [2.24, 2.45) is 11.1 Å². The Labute approximate surface area is 120 Å².